The number of carbonyl (C=O) groups excluding carboxylic acids is 1. The van der Waals surface area contributed by atoms with E-state index in [0.717, 1.165) is 12.8 Å². The van der Waals surface area contributed by atoms with Gasteiger partial charge in [0.2, 0.25) is 5.91 Å². The van der Waals surface area contributed by atoms with Gasteiger partial charge in [0.15, 0.2) is 0 Å². The van der Waals surface area contributed by atoms with Crippen LogP contribution in [0.25, 0.3) is 0 Å². The van der Waals surface area contributed by atoms with Gasteiger partial charge < -0.3 is 11.1 Å². The van der Waals surface area contributed by atoms with Crippen molar-refractivity contribution in [2.75, 3.05) is 5.32 Å². The summed E-state index contributed by atoms with van der Waals surface area (Å²) in [6.07, 6.45) is 2.36. The van der Waals surface area contributed by atoms with Gasteiger partial charge in [-0.1, -0.05) is 11.6 Å². The molecule has 19 heavy (non-hydrogen) atoms. The highest BCUT2D eigenvalue weighted by Gasteiger charge is 2.29. The zero-order valence-electron chi connectivity index (χ0n) is 10.1. The summed E-state index contributed by atoms with van der Waals surface area (Å²) < 4.78 is 0. The van der Waals surface area contributed by atoms with E-state index in [1.54, 1.807) is 0 Å². The molecule has 1 amide bonds. The lowest BCUT2D eigenvalue weighted by atomic mass is 10.1. The Kier molecular flexibility index (Phi) is 4.01. The summed E-state index contributed by atoms with van der Waals surface area (Å²) in [6.45, 7) is 0. The Balaban J connectivity index is 2.00. The van der Waals surface area contributed by atoms with Crippen LogP contribution in [-0.4, -0.2) is 16.9 Å². The van der Waals surface area contributed by atoms with E-state index in [-0.39, 0.29) is 29.1 Å². The van der Waals surface area contributed by atoms with Crippen molar-refractivity contribution in [2.24, 2.45) is 11.7 Å². The van der Waals surface area contributed by atoms with E-state index < -0.39 is 4.92 Å². The first-order valence-corrected chi connectivity index (χ1v) is 6.34. The van der Waals surface area contributed by atoms with Crippen LogP contribution >= 0.6 is 11.6 Å². The fraction of sp³-hybridized carbons (Fsp3) is 0.417. The van der Waals surface area contributed by atoms with E-state index in [4.69, 9.17) is 17.3 Å². The Bertz CT molecular complexity index is 517. The number of halogens is 1. The number of benzene rings is 1. The van der Waals surface area contributed by atoms with Crippen molar-refractivity contribution in [1.29, 1.82) is 0 Å². The predicted molar refractivity (Wildman–Crippen MR) is 72.1 cm³/mol. The van der Waals surface area contributed by atoms with Gasteiger partial charge in [0.1, 0.15) is 5.02 Å². The predicted octanol–water partition coefficient (Wildman–Crippen LogP) is 2.31. The van der Waals surface area contributed by atoms with Gasteiger partial charge in [0, 0.05) is 24.2 Å². The zero-order chi connectivity index (χ0) is 14.0. The van der Waals surface area contributed by atoms with Gasteiger partial charge in [0.25, 0.3) is 5.69 Å². The van der Waals surface area contributed by atoms with Crippen molar-refractivity contribution in [3.63, 3.8) is 0 Å². The van der Waals surface area contributed by atoms with Crippen LogP contribution in [0.3, 0.4) is 0 Å². The third-order valence-corrected chi connectivity index (χ3v) is 3.39. The van der Waals surface area contributed by atoms with Gasteiger partial charge in [-0.2, -0.15) is 0 Å². The topological polar surface area (TPSA) is 98.3 Å². The quantitative estimate of drug-likeness (QED) is 0.640. The minimum Gasteiger partial charge on any atom is -0.327 e. The molecule has 1 atom stereocenters. The second kappa shape index (κ2) is 5.54. The maximum absolute atomic E-state index is 11.7. The summed E-state index contributed by atoms with van der Waals surface area (Å²) in [7, 11) is 0. The fourth-order valence-electron chi connectivity index (χ4n) is 1.85. The maximum atomic E-state index is 11.7. The van der Waals surface area contributed by atoms with Crippen molar-refractivity contribution >= 4 is 28.9 Å². The Morgan fingerprint density at radius 2 is 2.26 bits per heavy atom. The Labute approximate surface area is 115 Å². The number of nitro benzene ring substituents is 1. The number of anilines is 1. The number of rotatable bonds is 5. The van der Waals surface area contributed by atoms with Crippen LogP contribution < -0.4 is 11.1 Å². The Morgan fingerprint density at radius 1 is 1.58 bits per heavy atom. The highest BCUT2D eigenvalue weighted by molar-refractivity contribution is 6.32. The molecule has 102 valence electrons. The number of nitrogens with two attached hydrogens (primary N) is 1. The molecule has 1 aliphatic carbocycles. The number of nitrogens with one attached hydrogen (secondary N) is 1. The molecule has 0 spiro atoms. The molecule has 0 aromatic heterocycles. The molecule has 1 aromatic carbocycles. The lowest BCUT2D eigenvalue weighted by Gasteiger charge is -2.10. The molecular formula is C12H14ClN3O3. The highest BCUT2D eigenvalue weighted by Crippen LogP contribution is 2.33. The zero-order valence-corrected chi connectivity index (χ0v) is 10.9. The normalized spacial score (nSPS) is 15.9. The van der Waals surface area contributed by atoms with E-state index >= 15 is 0 Å². The first-order chi connectivity index (χ1) is 8.97. The van der Waals surface area contributed by atoms with Crippen molar-refractivity contribution in [1.82, 2.24) is 0 Å². The van der Waals surface area contributed by atoms with Gasteiger partial charge in [-0.05, 0) is 30.9 Å². The average Bonchev–Trinajstić information content (AvgIpc) is 3.15. The van der Waals surface area contributed by atoms with Crippen molar-refractivity contribution in [2.45, 2.75) is 25.3 Å². The summed E-state index contributed by atoms with van der Waals surface area (Å²) in [4.78, 5) is 21.9. The smallest absolute Gasteiger partial charge is 0.289 e. The summed E-state index contributed by atoms with van der Waals surface area (Å²) in [6, 6.07) is 4.01. The molecule has 1 unspecified atom stereocenters. The van der Waals surface area contributed by atoms with E-state index in [1.165, 1.54) is 18.2 Å². The monoisotopic (exact) mass is 283 g/mol. The summed E-state index contributed by atoms with van der Waals surface area (Å²) in [5.41, 5.74) is 5.97. The standard InChI is InChI=1S/C12H14ClN3O3/c13-9-4-3-8(5-11(9)16(18)19)15-12(17)6-10(14)7-1-2-7/h3-5,7,10H,1-2,6,14H2,(H,15,17). The van der Waals surface area contributed by atoms with Gasteiger partial charge in [-0.25, -0.2) is 0 Å². The number of carbonyl (C=O) groups is 1. The molecule has 0 bridgehead atoms. The summed E-state index contributed by atoms with van der Waals surface area (Å²) >= 11 is 5.69. The lowest BCUT2D eigenvalue weighted by Crippen LogP contribution is -2.28. The van der Waals surface area contributed by atoms with Gasteiger partial charge >= 0.3 is 0 Å². The van der Waals surface area contributed by atoms with Gasteiger partial charge in [-0.3, -0.25) is 14.9 Å². The number of hydrogen-bond acceptors (Lipinski definition) is 4. The van der Waals surface area contributed by atoms with Gasteiger partial charge in [0.05, 0.1) is 4.92 Å². The largest absolute Gasteiger partial charge is 0.327 e. The minimum atomic E-state index is -0.589. The first kappa shape index (κ1) is 13.8. The molecule has 7 heteroatoms. The second-order valence-electron chi connectivity index (χ2n) is 4.68. The highest BCUT2D eigenvalue weighted by atomic mass is 35.5. The van der Waals surface area contributed by atoms with E-state index in [1.807, 2.05) is 0 Å². The van der Waals surface area contributed by atoms with E-state index in [9.17, 15) is 14.9 Å². The molecule has 1 saturated carbocycles. The van der Waals surface area contributed by atoms with Crippen molar-refractivity contribution in [3.8, 4) is 0 Å². The van der Waals surface area contributed by atoms with Crippen LogP contribution in [0.5, 0.6) is 0 Å². The average molecular weight is 284 g/mol. The second-order valence-corrected chi connectivity index (χ2v) is 5.08. The summed E-state index contributed by atoms with van der Waals surface area (Å²) in [5, 5.41) is 13.4. The van der Waals surface area contributed by atoms with E-state index in [2.05, 4.69) is 5.32 Å². The molecule has 1 aliphatic rings. The van der Waals surface area contributed by atoms with Gasteiger partial charge in [-0.15, -0.1) is 0 Å². The number of nitrogens with zero attached hydrogens (tertiary/aromatic N) is 1. The third kappa shape index (κ3) is 3.65. The Morgan fingerprint density at radius 3 is 2.84 bits per heavy atom. The minimum absolute atomic E-state index is 0.0395. The third-order valence-electron chi connectivity index (χ3n) is 3.08. The van der Waals surface area contributed by atoms with Crippen LogP contribution in [0, 0.1) is 16.0 Å². The van der Waals surface area contributed by atoms with Crippen LogP contribution in [0.4, 0.5) is 11.4 Å². The molecule has 1 aromatic rings. The molecule has 0 aliphatic heterocycles. The first-order valence-electron chi connectivity index (χ1n) is 5.96. The SMILES string of the molecule is NC(CC(=O)Nc1ccc(Cl)c([N+](=O)[O-])c1)C1CC1. The molecule has 0 saturated heterocycles. The maximum Gasteiger partial charge on any atom is 0.289 e. The molecule has 0 radical (unpaired) electrons. The summed E-state index contributed by atoms with van der Waals surface area (Å²) in [5.74, 6) is 0.196. The van der Waals surface area contributed by atoms with Crippen molar-refractivity contribution < 1.29 is 9.72 Å². The molecule has 0 heterocycles. The molecule has 6 nitrogen and oxygen atoms in total. The number of amides is 1. The fourth-order valence-corrected chi connectivity index (χ4v) is 2.03. The van der Waals surface area contributed by atoms with E-state index in [0.29, 0.717) is 11.6 Å². The van der Waals surface area contributed by atoms with Crippen LogP contribution in [0.15, 0.2) is 18.2 Å². The number of nitro groups is 1. The number of hydrogen-bond donors (Lipinski definition) is 2. The molecule has 3 N–H and O–H groups in total. The van der Waals surface area contributed by atoms with Crippen LogP contribution in [0.1, 0.15) is 19.3 Å². The van der Waals surface area contributed by atoms with Crippen LogP contribution in [0.2, 0.25) is 5.02 Å². The molecule has 2 rings (SSSR count). The van der Waals surface area contributed by atoms with Crippen LogP contribution in [-0.2, 0) is 4.79 Å². The molecular weight excluding hydrogens is 270 g/mol. The molecule has 1 fully saturated rings. The van der Waals surface area contributed by atoms with Crippen molar-refractivity contribution in [3.05, 3.63) is 33.3 Å². The lowest BCUT2D eigenvalue weighted by molar-refractivity contribution is -0.384. The Hall–Kier alpha value is -1.66.